The number of hydrazone groups is 1. The monoisotopic (exact) mass is 461 g/mol. The molecule has 168 valence electrons. The molecule has 0 radical (unpaired) electrons. The summed E-state index contributed by atoms with van der Waals surface area (Å²) >= 11 is 1.58. The first-order chi connectivity index (χ1) is 16.1. The molecule has 2 amide bonds. The predicted octanol–water partition coefficient (Wildman–Crippen LogP) is 3.94. The van der Waals surface area contributed by atoms with Gasteiger partial charge in [-0.2, -0.15) is 5.10 Å². The lowest BCUT2D eigenvalue weighted by Gasteiger charge is -2.24. The van der Waals surface area contributed by atoms with Gasteiger partial charge in [0, 0.05) is 17.7 Å². The molecule has 3 aromatic rings. The second-order valence-electron chi connectivity index (χ2n) is 7.39. The number of ether oxygens (including phenoxy) is 1. The Morgan fingerprint density at radius 2 is 1.91 bits per heavy atom. The Morgan fingerprint density at radius 3 is 2.64 bits per heavy atom. The molecule has 4 rings (SSSR count). The fourth-order valence-corrected chi connectivity index (χ4v) is 4.70. The standard InChI is InChI=1S/C25H23N3O4S/c1-32-21-9-5-8-20(23(21)30)14-26-27-24(31)18-10-12-19(13-11-18)25-28(22(29)16-33-25)15-17-6-3-2-4-7-17/h2-14,25,30H,15-16H2,1H3,(H,27,31)/b26-14-/t25-/m0/s1. The Bertz CT molecular complexity index is 1170. The number of phenolic OH excluding ortho intramolecular Hbond substituents is 1. The SMILES string of the molecule is COc1cccc(/C=N\NC(=O)c2ccc([C@@H]3SCC(=O)N3Cc3ccccc3)cc2)c1O. The largest absolute Gasteiger partial charge is 0.504 e. The van der Waals surface area contributed by atoms with Gasteiger partial charge < -0.3 is 14.7 Å². The summed E-state index contributed by atoms with van der Waals surface area (Å²) in [6.45, 7) is 0.547. The van der Waals surface area contributed by atoms with Crippen LogP contribution in [0.5, 0.6) is 11.5 Å². The zero-order valence-corrected chi connectivity index (χ0v) is 18.8. The van der Waals surface area contributed by atoms with Crippen molar-refractivity contribution < 1.29 is 19.4 Å². The van der Waals surface area contributed by atoms with Gasteiger partial charge in [0.25, 0.3) is 5.91 Å². The molecule has 2 N–H and O–H groups in total. The van der Waals surface area contributed by atoms with Crippen molar-refractivity contribution in [1.82, 2.24) is 10.3 Å². The molecular weight excluding hydrogens is 438 g/mol. The van der Waals surface area contributed by atoms with Crippen molar-refractivity contribution in [2.24, 2.45) is 5.10 Å². The van der Waals surface area contributed by atoms with Crippen LogP contribution in [0.1, 0.15) is 32.4 Å². The number of nitrogens with zero attached hydrogens (tertiary/aromatic N) is 2. The fraction of sp³-hybridized carbons (Fsp3) is 0.160. The van der Waals surface area contributed by atoms with Crippen LogP contribution in [0.2, 0.25) is 0 Å². The number of amides is 2. The van der Waals surface area contributed by atoms with Crippen LogP contribution in [0.3, 0.4) is 0 Å². The molecule has 0 aliphatic carbocycles. The van der Waals surface area contributed by atoms with Crippen LogP contribution in [-0.4, -0.2) is 40.9 Å². The first-order valence-electron chi connectivity index (χ1n) is 10.3. The van der Waals surface area contributed by atoms with Crippen molar-refractivity contribution in [2.45, 2.75) is 11.9 Å². The highest BCUT2D eigenvalue weighted by atomic mass is 32.2. The lowest BCUT2D eigenvalue weighted by Crippen LogP contribution is -2.27. The number of thioether (sulfide) groups is 1. The minimum absolute atomic E-state index is 0.0500. The van der Waals surface area contributed by atoms with Crippen LogP contribution in [0.25, 0.3) is 0 Å². The van der Waals surface area contributed by atoms with E-state index < -0.39 is 0 Å². The van der Waals surface area contributed by atoms with Crippen LogP contribution in [0.15, 0.2) is 77.9 Å². The minimum atomic E-state index is -0.378. The van der Waals surface area contributed by atoms with E-state index in [1.807, 2.05) is 47.4 Å². The van der Waals surface area contributed by atoms with Gasteiger partial charge in [0.1, 0.15) is 5.37 Å². The zero-order chi connectivity index (χ0) is 23.2. The van der Waals surface area contributed by atoms with E-state index in [-0.39, 0.29) is 22.9 Å². The third-order valence-corrected chi connectivity index (χ3v) is 6.50. The molecular formula is C25H23N3O4S. The Morgan fingerprint density at radius 1 is 1.15 bits per heavy atom. The summed E-state index contributed by atoms with van der Waals surface area (Å²) in [5.74, 6) is 0.435. The molecule has 1 saturated heterocycles. The second-order valence-corrected chi connectivity index (χ2v) is 8.46. The molecule has 1 aliphatic rings. The molecule has 3 aromatic carbocycles. The van der Waals surface area contributed by atoms with Gasteiger partial charge in [0.05, 0.1) is 19.1 Å². The average Bonchev–Trinajstić information content (AvgIpc) is 3.20. The van der Waals surface area contributed by atoms with Crippen LogP contribution in [-0.2, 0) is 11.3 Å². The maximum Gasteiger partial charge on any atom is 0.271 e. The number of methoxy groups -OCH3 is 1. The summed E-state index contributed by atoms with van der Waals surface area (Å²) < 4.78 is 5.06. The van der Waals surface area contributed by atoms with Crippen LogP contribution in [0.4, 0.5) is 0 Å². The minimum Gasteiger partial charge on any atom is -0.504 e. The fourth-order valence-electron chi connectivity index (χ4n) is 3.51. The number of phenols is 1. The highest BCUT2D eigenvalue weighted by molar-refractivity contribution is 8.00. The Hall–Kier alpha value is -3.78. The van der Waals surface area contributed by atoms with Crippen LogP contribution in [0, 0.1) is 0 Å². The van der Waals surface area contributed by atoms with Crippen molar-refractivity contribution in [2.75, 3.05) is 12.9 Å². The Kier molecular flexibility index (Phi) is 6.95. The molecule has 1 heterocycles. The molecule has 0 spiro atoms. The van der Waals surface area contributed by atoms with Gasteiger partial charge in [-0.05, 0) is 35.4 Å². The summed E-state index contributed by atoms with van der Waals surface area (Å²) in [4.78, 5) is 26.7. The second kappa shape index (κ2) is 10.2. The number of aromatic hydroxyl groups is 1. The molecule has 1 fully saturated rings. The summed E-state index contributed by atoms with van der Waals surface area (Å²) in [5, 5.41) is 13.9. The van der Waals surface area contributed by atoms with Crippen molar-refractivity contribution in [3.63, 3.8) is 0 Å². The number of hydrogen-bond acceptors (Lipinski definition) is 6. The third kappa shape index (κ3) is 5.18. The topological polar surface area (TPSA) is 91.2 Å². The third-order valence-electron chi connectivity index (χ3n) is 5.24. The number of nitrogens with one attached hydrogen (secondary N) is 1. The van der Waals surface area contributed by atoms with Crippen LogP contribution >= 0.6 is 11.8 Å². The van der Waals surface area contributed by atoms with Crippen molar-refractivity contribution in [3.8, 4) is 11.5 Å². The van der Waals surface area contributed by atoms with E-state index in [1.165, 1.54) is 13.3 Å². The van der Waals surface area contributed by atoms with Gasteiger partial charge in [-0.15, -0.1) is 11.8 Å². The molecule has 0 saturated carbocycles. The molecule has 0 bridgehead atoms. The number of hydrogen-bond donors (Lipinski definition) is 2. The first kappa shape index (κ1) is 22.4. The van der Waals surface area contributed by atoms with E-state index in [0.29, 0.717) is 29.2 Å². The smallest absolute Gasteiger partial charge is 0.271 e. The quantitative estimate of drug-likeness (QED) is 0.411. The van der Waals surface area contributed by atoms with E-state index in [0.717, 1.165) is 11.1 Å². The van der Waals surface area contributed by atoms with Crippen molar-refractivity contribution >= 4 is 29.8 Å². The first-order valence-corrected chi connectivity index (χ1v) is 11.4. The van der Waals surface area contributed by atoms with E-state index in [1.54, 1.807) is 42.1 Å². The van der Waals surface area contributed by atoms with Gasteiger partial charge in [-0.25, -0.2) is 5.43 Å². The summed E-state index contributed by atoms with van der Waals surface area (Å²) in [6, 6.07) is 22.0. The average molecular weight is 462 g/mol. The molecule has 33 heavy (non-hydrogen) atoms. The Labute approximate surface area is 196 Å². The summed E-state index contributed by atoms with van der Waals surface area (Å²) in [7, 11) is 1.46. The lowest BCUT2D eigenvalue weighted by molar-refractivity contribution is -0.128. The van der Waals surface area contributed by atoms with Crippen molar-refractivity contribution in [1.29, 1.82) is 0 Å². The molecule has 8 heteroatoms. The number of rotatable bonds is 7. The van der Waals surface area contributed by atoms with Gasteiger partial charge in [0.15, 0.2) is 11.5 Å². The normalized spacial score (nSPS) is 15.7. The Balaban J connectivity index is 1.41. The van der Waals surface area contributed by atoms with Crippen molar-refractivity contribution in [3.05, 3.63) is 95.1 Å². The predicted molar refractivity (Wildman–Crippen MR) is 128 cm³/mol. The maximum absolute atomic E-state index is 12.5. The van der Waals surface area contributed by atoms with E-state index in [4.69, 9.17) is 4.74 Å². The van der Waals surface area contributed by atoms with Gasteiger partial charge in [-0.1, -0.05) is 48.5 Å². The van der Waals surface area contributed by atoms with Gasteiger partial charge in [-0.3, -0.25) is 9.59 Å². The summed E-state index contributed by atoms with van der Waals surface area (Å²) in [6.07, 6.45) is 1.35. The molecule has 0 aromatic heterocycles. The molecule has 0 unspecified atom stereocenters. The van der Waals surface area contributed by atoms with Crippen LogP contribution < -0.4 is 10.2 Å². The molecule has 1 atom stereocenters. The highest BCUT2D eigenvalue weighted by Crippen LogP contribution is 2.39. The van der Waals surface area contributed by atoms with E-state index in [9.17, 15) is 14.7 Å². The maximum atomic E-state index is 12.5. The number of carbonyl (C=O) groups is 2. The van der Waals surface area contributed by atoms with Gasteiger partial charge >= 0.3 is 0 Å². The lowest BCUT2D eigenvalue weighted by atomic mass is 10.1. The number of carbonyl (C=O) groups excluding carboxylic acids is 2. The zero-order valence-electron chi connectivity index (χ0n) is 18.0. The molecule has 7 nitrogen and oxygen atoms in total. The summed E-state index contributed by atoms with van der Waals surface area (Å²) in [5.41, 5.74) is 5.36. The molecule has 1 aliphatic heterocycles. The number of benzene rings is 3. The number of para-hydroxylation sites is 1. The van der Waals surface area contributed by atoms with E-state index in [2.05, 4.69) is 10.5 Å². The highest BCUT2D eigenvalue weighted by Gasteiger charge is 2.32. The van der Waals surface area contributed by atoms with E-state index >= 15 is 0 Å². The van der Waals surface area contributed by atoms with Gasteiger partial charge in [0.2, 0.25) is 5.91 Å².